The molecule has 2 aromatic rings. The van der Waals surface area contributed by atoms with Gasteiger partial charge in [-0.2, -0.15) is 11.8 Å². The number of imidazole rings is 1. The van der Waals surface area contributed by atoms with Gasteiger partial charge >= 0.3 is 5.69 Å². The van der Waals surface area contributed by atoms with Crippen LogP contribution < -0.4 is 11.0 Å². The zero-order valence-electron chi connectivity index (χ0n) is 14.3. The third-order valence-electron chi connectivity index (χ3n) is 4.86. The summed E-state index contributed by atoms with van der Waals surface area (Å²) in [7, 11) is 0. The minimum atomic E-state index is -0.0766. The van der Waals surface area contributed by atoms with E-state index in [2.05, 4.69) is 17.2 Å². The van der Waals surface area contributed by atoms with Gasteiger partial charge in [-0.3, -0.25) is 9.36 Å². The number of carbonyl (C=O) groups is 1. The Hall–Kier alpha value is -1.69. The topological polar surface area (TPSA) is 66.9 Å². The molecule has 1 aliphatic rings. The van der Waals surface area contributed by atoms with Crippen molar-refractivity contribution < 1.29 is 4.79 Å². The Morgan fingerprint density at radius 2 is 2.17 bits per heavy atom. The molecule has 1 amide bonds. The van der Waals surface area contributed by atoms with Gasteiger partial charge in [-0.05, 0) is 43.7 Å². The maximum atomic E-state index is 12.5. The maximum Gasteiger partial charge on any atom is 0.326 e. The minimum Gasteiger partial charge on any atom is -0.348 e. The quantitative estimate of drug-likeness (QED) is 0.842. The van der Waals surface area contributed by atoms with Crippen molar-refractivity contribution in [3.63, 3.8) is 0 Å². The standard InChI is InChI=1S/C18H25N3O2S/c1-3-13(11-24-2)19-17(22)12-8-9-16-15(10-12)20-18(23)21(16)14-6-4-5-7-14/h8-10,13-14H,3-7,11H2,1-2H3,(H,19,22)(H,20,23)/t13-/m1/s1. The lowest BCUT2D eigenvalue weighted by Gasteiger charge is -2.16. The molecule has 0 saturated heterocycles. The van der Waals surface area contributed by atoms with E-state index >= 15 is 0 Å². The highest BCUT2D eigenvalue weighted by atomic mass is 32.2. The Morgan fingerprint density at radius 1 is 1.42 bits per heavy atom. The fourth-order valence-electron chi connectivity index (χ4n) is 3.53. The van der Waals surface area contributed by atoms with E-state index in [0.29, 0.717) is 5.56 Å². The van der Waals surface area contributed by atoms with E-state index < -0.39 is 0 Å². The van der Waals surface area contributed by atoms with E-state index in [9.17, 15) is 9.59 Å². The molecule has 1 aliphatic carbocycles. The van der Waals surface area contributed by atoms with Gasteiger partial charge < -0.3 is 10.3 Å². The molecule has 1 aromatic heterocycles. The first-order valence-electron chi connectivity index (χ1n) is 8.68. The molecule has 1 atom stereocenters. The Kier molecular flexibility index (Phi) is 5.33. The number of thioether (sulfide) groups is 1. The number of aromatic nitrogens is 2. The van der Waals surface area contributed by atoms with Crippen LogP contribution in [0.2, 0.25) is 0 Å². The fourth-order valence-corrected chi connectivity index (χ4v) is 4.25. The maximum absolute atomic E-state index is 12.5. The number of nitrogens with one attached hydrogen (secondary N) is 2. The molecule has 2 N–H and O–H groups in total. The van der Waals surface area contributed by atoms with E-state index in [1.165, 1.54) is 12.8 Å². The number of hydrogen-bond donors (Lipinski definition) is 2. The van der Waals surface area contributed by atoms with Crippen LogP contribution in [0, 0.1) is 0 Å². The lowest BCUT2D eigenvalue weighted by Crippen LogP contribution is -2.36. The van der Waals surface area contributed by atoms with Crippen molar-refractivity contribution in [2.75, 3.05) is 12.0 Å². The van der Waals surface area contributed by atoms with Crippen LogP contribution in [-0.4, -0.2) is 33.5 Å². The molecule has 3 rings (SSSR count). The lowest BCUT2D eigenvalue weighted by molar-refractivity contribution is 0.0940. The van der Waals surface area contributed by atoms with Crippen LogP contribution in [0.1, 0.15) is 55.4 Å². The van der Waals surface area contributed by atoms with Crippen LogP contribution in [0.4, 0.5) is 0 Å². The number of H-pyrrole nitrogens is 1. The number of aromatic amines is 1. The number of benzene rings is 1. The minimum absolute atomic E-state index is 0.0664. The molecule has 1 aromatic carbocycles. The molecule has 130 valence electrons. The first kappa shape index (κ1) is 17.1. The van der Waals surface area contributed by atoms with Gasteiger partial charge in [0.1, 0.15) is 0 Å². The molecule has 0 radical (unpaired) electrons. The summed E-state index contributed by atoms with van der Waals surface area (Å²) in [5, 5.41) is 3.07. The molecule has 0 bridgehead atoms. The van der Waals surface area contributed by atoms with Gasteiger partial charge in [0.25, 0.3) is 5.91 Å². The summed E-state index contributed by atoms with van der Waals surface area (Å²) in [5.74, 6) is 0.826. The summed E-state index contributed by atoms with van der Waals surface area (Å²) in [6.45, 7) is 2.07. The molecule has 5 nitrogen and oxygen atoms in total. The summed E-state index contributed by atoms with van der Waals surface area (Å²) in [6.07, 6.45) is 7.42. The van der Waals surface area contributed by atoms with Gasteiger partial charge in [-0.25, -0.2) is 4.79 Å². The van der Waals surface area contributed by atoms with Crippen LogP contribution in [-0.2, 0) is 0 Å². The first-order chi connectivity index (χ1) is 11.6. The highest BCUT2D eigenvalue weighted by Crippen LogP contribution is 2.30. The second kappa shape index (κ2) is 7.47. The molecule has 0 unspecified atom stereocenters. The Balaban J connectivity index is 1.86. The Morgan fingerprint density at radius 3 is 2.83 bits per heavy atom. The SMILES string of the molecule is CC[C@H](CSC)NC(=O)c1ccc2c(c1)[nH]c(=O)n2C1CCCC1. The fraction of sp³-hybridized carbons (Fsp3) is 0.556. The van der Waals surface area contributed by atoms with Crippen molar-refractivity contribution in [2.24, 2.45) is 0 Å². The number of fused-ring (bicyclic) bond motifs is 1. The van der Waals surface area contributed by atoms with E-state index in [0.717, 1.165) is 36.0 Å². The molecular weight excluding hydrogens is 322 g/mol. The van der Waals surface area contributed by atoms with Crippen molar-refractivity contribution in [3.05, 3.63) is 34.2 Å². The van der Waals surface area contributed by atoms with Gasteiger partial charge in [0, 0.05) is 23.4 Å². The third-order valence-corrected chi connectivity index (χ3v) is 5.60. The Labute approximate surface area is 146 Å². The highest BCUT2D eigenvalue weighted by molar-refractivity contribution is 7.98. The summed E-state index contributed by atoms with van der Waals surface area (Å²) >= 11 is 1.73. The van der Waals surface area contributed by atoms with Crippen molar-refractivity contribution >= 4 is 28.7 Å². The number of hydrogen-bond acceptors (Lipinski definition) is 3. The van der Waals surface area contributed by atoms with Crippen LogP contribution in [0.15, 0.2) is 23.0 Å². The monoisotopic (exact) mass is 347 g/mol. The second-order valence-electron chi connectivity index (χ2n) is 6.50. The number of amides is 1. The van der Waals surface area contributed by atoms with Crippen LogP contribution >= 0.6 is 11.8 Å². The predicted octanol–water partition coefficient (Wildman–Crippen LogP) is 3.32. The summed E-state index contributed by atoms with van der Waals surface area (Å²) in [6, 6.07) is 5.98. The van der Waals surface area contributed by atoms with E-state index in [4.69, 9.17) is 0 Å². The van der Waals surface area contributed by atoms with Crippen molar-refractivity contribution in [3.8, 4) is 0 Å². The summed E-state index contributed by atoms with van der Waals surface area (Å²) < 4.78 is 1.87. The van der Waals surface area contributed by atoms with Crippen LogP contribution in [0.5, 0.6) is 0 Å². The zero-order chi connectivity index (χ0) is 17.1. The molecule has 0 aliphatic heterocycles. The number of nitrogens with zero attached hydrogens (tertiary/aromatic N) is 1. The average molecular weight is 347 g/mol. The predicted molar refractivity (Wildman–Crippen MR) is 100.0 cm³/mol. The largest absolute Gasteiger partial charge is 0.348 e. The smallest absolute Gasteiger partial charge is 0.326 e. The van der Waals surface area contributed by atoms with E-state index in [1.54, 1.807) is 17.8 Å². The van der Waals surface area contributed by atoms with Gasteiger partial charge in [0.2, 0.25) is 0 Å². The van der Waals surface area contributed by atoms with Crippen molar-refractivity contribution in [1.29, 1.82) is 0 Å². The molecule has 1 fully saturated rings. The number of rotatable bonds is 6. The molecule has 1 heterocycles. The second-order valence-corrected chi connectivity index (χ2v) is 7.42. The summed E-state index contributed by atoms with van der Waals surface area (Å²) in [4.78, 5) is 27.7. The molecular formula is C18H25N3O2S. The van der Waals surface area contributed by atoms with Crippen LogP contribution in [0.25, 0.3) is 11.0 Å². The van der Waals surface area contributed by atoms with Gasteiger partial charge in [-0.15, -0.1) is 0 Å². The van der Waals surface area contributed by atoms with Gasteiger partial charge in [0.05, 0.1) is 11.0 Å². The molecule has 6 heteroatoms. The van der Waals surface area contributed by atoms with Crippen molar-refractivity contribution in [2.45, 2.75) is 51.1 Å². The first-order valence-corrected chi connectivity index (χ1v) is 10.1. The van der Waals surface area contributed by atoms with E-state index in [-0.39, 0.29) is 23.7 Å². The zero-order valence-corrected chi connectivity index (χ0v) is 15.1. The normalized spacial score (nSPS) is 16.6. The molecule has 0 spiro atoms. The van der Waals surface area contributed by atoms with Crippen LogP contribution in [0.3, 0.4) is 0 Å². The van der Waals surface area contributed by atoms with Gasteiger partial charge in [0.15, 0.2) is 0 Å². The highest BCUT2D eigenvalue weighted by Gasteiger charge is 2.21. The summed E-state index contributed by atoms with van der Waals surface area (Å²) in [5.41, 5.74) is 2.18. The van der Waals surface area contributed by atoms with E-state index in [1.807, 2.05) is 23.0 Å². The number of carbonyl (C=O) groups excluding carboxylic acids is 1. The lowest BCUT2D eigenvalue weighted by atomic mass is 10.1. The van der Waals surface area contributed by atoms with Crippen molar-refractivity contribution in [1.82, 2.24) is 14.9 Å². The third kappa shape index (κ3) is 3.38. The molecule has 24 heavy (non-hydrogen) atoms. The van der Waals surface area contributed by atoms with Gasteiger partial charge in [-0.1, -0.05) is 19.8 Å². The average Bonchev–Trinajstić information content (AvgIpc) is 3.19. The molecule has 1 saturated carbocycles. The Bertz CT molecular complexity index is 774.